The van der Waals surface area contributed by atoms with Crippen LogP contribution in [0.5, 0.6) is 0 Å². The third kappa shape index (κ3) is 6.68. The Hall–Kier alpha value is -1.57. The lowest BCUT2D eigenvalue weighted by atomic mass is 10.1. The summed E-state index contributed by atoms with van der Waals surface area (Å²) in [4.78, 5) is 8.74. The van der Waals surface area contributed by atoms with E-state index in [0.29, 0.717) is 12.5 Å². The molecule has 138 valence electrons. The van der Waals surface area contributed by atoms with Crippen molar-refractivity contribution in [3.63, 3.8) is 0 Å². The molecule has 1 aromatic heterocycles. The molecular weight excluding hydrogens is 425 g/mol. The number of hydrogen-bond donors (Lipinski definition) is 2. The van der Waals surface area contributed by atoms with E-state index in [-0.39, 0.29) is 24.0 Å². The van der Waals surface area contributed by atoms with Crippen molar-refractivity contribution in [1.29, 1.82) is 0 Å². The first kappa shape index (κ1) is 21.5. The van der Waals surface area contributed by atoms with E-state index in [4.69, 9.17) is 0 Å². The number of halogens is 1. The molecule has 1 aromatic carbocycles. The molecule has 0 bridgehead atoms. The van der Waals surface area contributed by atoms with Crippen molar-refractivity contribution in [3.05, 3.63) is 53.6 Å². The Labute approximate surface area is 168 Å². The lowest BCUT2D eigenvalue weighted by Crippen LogP contribution is -2.37. The maximum atomic E-state index is 4.44. The molecule has 1 heterocycles. The fourth-order valence-electron chi connectivity index (χ4n) is 2.70. The van der Waals surface area contributed by atoms with Gasteiger partial charge < -0.3 is 15.2 Å². The van der Waals surface area contributed by atoms with Crippen molar-refractivity contribution in [2.24, 2.45) is 10.9 Å². The van der Waals surface area contributed by atoms with Crippen LogP contribution < -0.4 is 10.6 Å². The fraction of sp³-hybridized carbons (Fsp3) is 0.474. The first-order valence-electron chi connectivity index (χ1n) is 8.65. The standard InChI is InChI=1S/C19H29N5.HI/c1-5-16-8-6-7-9-17(16)12-22-19(20-4)23-13-18-21-10-11-24(18)14-15(2)3;/h6-11,15H,5,12-14H2,1-4H3,(H2,20,22,23);1H. The molecule has 2 rings (SSSR count). The van der Waals surface area contributed by atoms with E-state index in [1.165, 1.54) is 11.1 Å². The van der Waals surface area contributed by atoms with Crippen LogP contribution in [0.15, 0.2) is 41.7 Å². The van der Waals surface area contributed by atoms with Crippen LogP contribution in [0.1, 0.15) is 37.7 Å². The van der Waals surface area contributed by atoms with Crippen molar-refractivity contribution in [2.75, 3.05) is 7.05 Å². The van der Waals surface area contributed by atoms with Crippen molar-refractivity contribution in [2.45, 2.75) is 46.8 Å². The molecule has 0 radical (unpaired) electrons. The lowest BCUT2D eigenvalue weighted by Gasteiger charge is -2.15. The largest absolute Gasteiger partial charge is 0.352 e. The van der Waals surface area contributed by atoms with E-state index in [1.54, 1.807) is 7.05 Å². The molecular formula is C19H30IN5. The summed E-state index contributed by atoms with van der Waals surface area (Å²) in [5.74, 6) is 2.42. The van der Waals surface area contributed by atoms with Gasteiger partial charge in [-0.05, 0) is 23.5 Å². The highest BCUT2D eigenvalue weighted by molar-refractivity contribution is 14.0. The highest BCUT2D eigenvalue weighted by Crippen LogP contribution is 2.09. The zero-order chi connectivity index (χ0) is 17.4. The second kappa shape index (κ2) is 11.1. The number of nitrogens with zero attached hydrogens (tertiary/aromatic N) is 3. The number of aliphatic imine (C=N–C) groups is 1. The minimum absolute atomic E-state index is 0. The third-order valence-corrected chi connectivity index (χ3v) is 3.95. The van der Waals surface area contributed by atoms with Crippen LogP contribution in [0, 0.1) is 5.92 Å². The molecule has 25 heavy (non-hydrogen) atoms. The van der Waals surface area contributed by atoms with Crippen LogP contribution in [-0.2, 0) is 26.1 Å². The molecule has 0 atom stereocenters. The van der Waals surface area contributed by atoms with Gasteiger partial charge in [-0.25, -0.2) is 4.98 Å². The smallest absolute Gasteiger partial charge is 0.191 e. The second-order valence-corrected chi connectivity index (χ2v) is 6.29. The van der Waals surface area contributed by atoms with Gasteiger partial charge >= 0.3 is 0 Å². The average Bonchev–Trinajstić information content (AvgIpc) is 3.01. The molecule has 0 aliphatic carbocycles. The molecule has 0 saturated heterocycles. The van der Waals surface area contributed by atoms with E-state index < -0.39 is 0 Å². The molecule has 0 amide bonds. The molecule has 2 N–H and O–H groups in total. The molecule has 0 fully saturated rings. The van der Waals surface area contributed by atoms with Crippen molar-refractivity contribution in [3.8, 4) is 0 Å². The van der Waals surface area contributed by atoms with Gasteiger partial charge in [-0.1, -0.05) is 45.0 Å². The lowest BCUT2D eigenvalue weighted by molar-refractivity contribution is 0.503. The minimum Gasteiger partial charge on any atom is -0.352 e. The number of guanidine groups is 1. The number of aryl methyl sites for hydroxylation is 1. The van der Waals surface area contributed by atoms with Crippen molar-refractivity contribution < 1.29 is 0 Å². The van der Waals surface area contributed by atoms with Gasteiger partial charge in [-0.15, -0.1) is 24.0 Å². The fourth-order valence-corrected chi connectivity index (χ4v) is 2.70. The quantitative estimate of drug-likeness (QED) is 0.381. The van der Waals surface area contributed by atoms with Crippen LogP contribution in [-0.4, -0.2) is 22.6 Å². The summed E-state index contributed by atoms with van der Waals surface area (Å²) in [5, 5.41) is 6.73. The Bertz CT molecular complexity index is 663. The molecule has 0 aliphatic rings. The average molecular weight is 455 g/mol. The third-order valence-electron chi connectivity index (χ3n) is 3.95. The monoisotopic (exact) mass is 455 g/mol. The Balaban J connectivity index is 0.00000312. The molecule has 0 unspecified atom stereocenters. The summed E-state index contributed by atoms with van der Waals surface area (Å²) in [6.07, 6.45) is 4.92. The Morgan fingerprint density at radius 3 is 2.48 bits per heavy atom. The molecule has 0 spiro atoms. The van der Waals surface area contributed by atoms with Gasteiger partial charge in [-0.2, -0.15) is 0 Å². The molecule has 6 heteroatoms. The topological polar surface area (TPSA) is 54.2 Å². The number of aromatic nitrogens is 2. The summed E-state index contributed by atoms with van der Waals surface area (Å²) < 4.78 is 2.19. The van der Waals surface area contributed by atoms with E-state index in [2.05, 4.69) is 70.2 Å². The maximum Gasteiger partial charge on any atom is 0.191 e. The zero-order valence-corrected chi connectivity index (χ0v) is 18.0. The summed E-state index contributed by atoms with van der Waals surface area (Å²) in [7, 11) is 1.79. The van der Waals surface area contributed by atoms with Gasteiger partial charge in [0.1, 0.15) is 5.82 Å². The van der Waals surface area contributed by atoms with Crippen molar-refractivity contribution in [1.82, 2.24) is 20.2 Å². The number of rotatable bonds is 7. The second-order valence-electron chi connectivity index (χ2n) is 6.29. The van der Waals surface area contributed by atoms with Crippen LogP contribution in [0.4, 0.5) is 0 Å². The highest BCUT2D eigenvalue weighted by atomic mass is 127. The Morgan fingerprint density at radius 2 is 1.84 bits per heavy atom. The molecule has 0 saturated carbocycles. The van der Waals surface area contributed by atoms with Gasteiger partial charge in [0.15, 0.2) is 5.96 Å². The number of imidazole rings is 1. The van der Waals surface area contributed by atoms with E-state index in [0.717, 1.165) is 31.3 Å². The highest BCUT2D eigenvalue weighted by Gasteiger charge is 2.06. The van der Waals surface area contributed by atoms with Gasteiger partial charge in [0.25, 0.3) is 0 Å². The molecule has 2 aromatic rings. The Kier molecular flexibility index (Phi) is 9.55. The molecule has 0 aliphatic heterocycles. The van der Waals surface area contributed by atoms with E-state index in [9.17, 15) is 0 Å². The number of hydrogen-bond acceptors (Lipinski definition) is 2. The predicted molar refractivity (Wildman–Crippen MR) is 115 cm³/mol. The first-order valence-corrected chi connectivity index (χ1v) is 8.65. The maximum absolute atomic E-state index is 4.44. The molecule has 5 nitrogen and oxygen atoms in total. The van der Waals surface area contributed by atoms with Gasteiger partial charge in [0, 0.05) is 32.5 Å². The summed E-state index contributed by atoms with van der Waals surface area (Å²) in [6.45, 7) is 9.01. The number of benzene rings is 1. The summed E-state index contributed by atoms with van der Waals surface area (Å²) >= 11 is 0. The predicted octanol–water partition coefficient (Wildman–Crippen LogP) is 3.58. The number of nitrogens with one attached hydrogen (secondary N) is 2. The summed E-state index contributed by atoms with van der Waals surface area (Å²) in [5.41, 5.74) is 2.68. The van der Waals surface area contributed by atoms with Gasteiger partial charge in [0.2, 0.25) is 0 Å². The van der Waals surface area contributed by atoms with Crippen LogP contribution in [0.3, 0.4) is 0 Å². The van der Waals surface area contributed by atoms with Crippen molar-refractivity contribution >= 4 is 29.9 Å². The normalized spacial score (nSPS) is 11.3. The van der Waals surface area contributed by atoms with Crippen LogP contribution >= 0.6 is 24.0 Å². The van der Waals surface area contributed by atoms with E-state index in [1.807, 2.05) is 12.4 Å². The minimum atomic E-state index is 0. The van der Waals surface area contributed by atoms with Crippen LogP contribution in [0.2, 0.25) is 0 Å². The van der Waals surface area contributed by atoms with Gasteiger partial charge in [-0.3, -0.25) is 4.99 Å². The van der Waals surface area contributed by atoms with Gasteiger partial charge in [0.05, 0.1) is 6.54 Å². The van der Waals surface area contributed by atoms with Crippen LogP contribution in [0.25, 0.3) is 0 Å². The Morgan fingerprint density at radius 1 is 1.16 bits per heavy atom. The zero-order valence-electron chi connectivity index (χ0n) is 15.6. The SMILES string of the molecule is CCc1ccccc1CNC(=NC)NCc1nccn1CC(C)C.I. The summed E-state index contributed by atoms with van der Waals surface area (Å²) in [6, 6.07) is 8.50. The first-order chi connectivity index (χ1) is 11.6. The van der Waals surface area contributed by atoms with E-state index >= 15 is 0 Å².